The summed E-state index contributed by atoms with van der Waals surface area (Å²) in [6.45, 7) is 3.50. The molecule has 0 saturated heterocycles. The number of rotatable bonds is 4. The molecule has 0 spiro atoms. The van der Waals surface area contributed by atoms with Crippen LogP contribution in [0.25, 0.3) is 0 Å². The normalized spacial score (nSPS) is 13.2. The van der Waals surface area contributed by atoms with E-state index in [0.717, 1.165) is 11.3 Å². The molecule has 1 aliphatic heterocycles. The number of nitrogens with one attached hydrogen (secondary N) is 1. The number of carbonyl (C=O) groups is 4. The summed E-state index contributed by atoms with van der Waals surface area (Å²) in [6.07, 6.45) is 0. The van der Waals surface area contributed by atoms with Crippen LogP contribution >= 0.6 is 11.3 Å². The number of anilines is 1. The Morgan fingerprint density at radius 3 is 2.46 bits per heavy atom. The van der Waals surface area contributed by atoms with Crippen LogP contribution in [-0.2, 0) is 4.74 Å². The third-order valence-electron chi connectivity index (χ3n) is 3.98. The fourth-order valence-corrected chi connectivity index (χ4v) is 3.49. The van der Waals surface area contributed by atoms with Crippen LogP contribution in [0.3, 0.4) is 0 Å². The van der Waals surface area contributed by atoms with E-state index in [1.165, 1.54) is 30.2 Å². The highest BCUT2D eigenvalue weighted by molar-refractivity contribution is 7.12. The summed E-state index contributed by atoms with van der Waals surface area (Å²) in [4.78, 5) is 50.4. The number of esters is 1. The Bertz CT molecular complexity index is 931. The molecule has 0 aliphatic carbocycles. The Morgan fingerprint density at radius 2 is 1.81 bits per heavy atom. The summed E-state index contributed by atoms with van der Waals surface area (Å²) in [5, 5.41) is 4.29. The maximum Gasteiger partial charge on any atom is 0.350 e. The van der Waals surface area contributed by atoms with Gasteiger partial charge in [0.1, 0.15) is 4.88 Å². The maximum atomic E-state index is 12.5. The predicted octanol–water partition coefficient (Wildman–Crippen LogP) is 2.79. The number of imide groups is 1. The van der Waals surface area contributed by atoms with Crippen LogP contribution in [0, 0.1) is 0 Å². The summed E-state index contributed by atoms with van der Waals surface area (Å²) in [5.41, 5.74) is 1.04. The highest BCUT2D eigenvalue weighted by atomic mass is 32.1. The van der Waals surface area contributed by atoms with Gasteiger partial charge in [0.05, 0.1) is 23.9 Å². The third kappa shape index (κ3) is 2.88. The zero-order chi connectivity index (χ0) is 19.0. The number of nitrogens with zero attached hydrogens (tertiary/aromatic N) is 1. The molecule has 2 heterocycles. The zero-order valence-corrected chi connectivity index (χ0v) is 15.2. The van der Waals surface area contributed by atoms with Crippen LogP contribution in [0.1, 0.15) is 54.6 Å². The van der Waals surface area contributed by atoms with Gasteiger partial charge in [-0.1, -0.05) is 0 Å². The molecule has 1 aliphatic rings. The van der Waals surface area contributed by atoms with Crippen molar-refractivity contribution in [3.63, 3.8) is 0 Å². The number of carbonyl (C=O) groups excluding carboxylic acids is 4. The molecule has 2 aromatic rings. The van der Waals surface area contributed by atoms with Crippen LogP contribution in [0.5, 0.6) is 0 Å². The molecule has 0 atom stereocenters. The second-order valence-corrected chi connectivity index (χ2v) is 6.86. The fraction of sp³-hybridized carbons (Fsp3) is 0.222. The highest BCUT2D eigenvalue weighted by Crippen LogP contribution is 2.27. The molecular formula is C18H16N2O5S. The van der Waals surface area contributed by atoms with E-state index >= 15 is 0 Å². The Kier molecular flexibility index (Phi) is 4.60. The van der Waals surface area contributed by atoms with Crippen molar-refractivity contribution in [1.82, 2.24) is 4.90 Å². The molecule has 0 bridgehead atoms. The number of hydrogen-bond donors (Lipinski definition) is 1. The first-order chi connectivity index (χ1) is 12.3. The van der Waals surface area contributed by atoms with Gasteiger partial charge in [-0.2, -0.15) is 0 Å². The predicted molar refractivity (Wildman–Crippen MR) is 95.7 cm³/mol. The van der Waals surface area contributed by atoms with Crippen molar-refractivity contribution in [3.8, 4) is 0 Å². The Labute approximate surface area is 153 Å². The molecular weight excluding hydrogens is 356 g/mol. The number of ether oxygens (including phenoxy) is 1. The molecule has 26 heavy (non-hydrogen) atoms. The van der Waals surface area contributed by atoms with Crippen molar-refractivity contribution in [2.75, 3.05) is 12.4 Å². The van der Waals surface area contributed by atoms with E-state index in [4.69, 9.17) is 0 Å². The molecule has 3 rings (SSSR count). The molecule has 7 nitrogen and oxygen atoms in total. The lowest BCUT2D eigenvalue weighted by Gasteiger charge is -2.17. The van der Waals surface area contributed by atoms with Crippen molar-refractivity contribution < 1.29 is 23.9 Å². The summed E-state index contributed by atoms with van der Waals surface area (Å²) in [6, 6.07) is 5.68. The van der Waals surface area contributed by atoms with Gasteiger partial charge in [0.25, 0.3) is 17.7 Å². The molecule has 1 aromatic carbocycles. The molecule has 134 valence electrons. The van der Waals surface area contributed by atoms with E-state index < -0.39 is 17.8 Å². The minimum absolute atomic E-state index is 0.204. The van der Waals surface area contributed by atoms with Crippen molar-refractivity contribution in [2.45, 2.75) is 19.9 Å². The van der Waals surface area contributed by atoms with Gasteiger partial charge >= 0.3 is 5.97 Å². The second-order valence-electron chi connectivity index (χ2n) is 5.94. The number of amides is 3. The lowest BCUT2D eigenvalue weighted by atomic mass is 10.1. The molecule has 0 fully saturated rings. The molecule has 1 N–H and O–H groups in total. The number of hydrogen-bond acceptors (Lipinski definition) is 6. The number of fused-ring (bicyclic) bond motifs is 1. The summed E-state index contributed by atoms with van der Waals surface area (Å²) >= 11 is 1.15. The number of methoxy groups -OCH3 is 1. The minimum Gasteiger partial charge on any atom is -0.465 e. The molecule has 1 aromatic heterocycles. The highest BCUT2D eigenvalue weighted by Gasteiger charge is 2.37. The molecule has 3 amide bonds. The van der Waals surface area contributed by atoms with Crippen LogP contribution in [0.15, 0.2) is 29.6 Å². The molecule has 0 unspecified atom stereocenters. The van der Waals surface area contributed by atoms with Crippen LogP contribution in [0.2, 0.25) is 0 Å². The average Bonchev–Trinajstić information content (AvgIpc) is 3.17. The zero-order valence-electron chi connectivity index (χ0n) is 14.4. The Hall–Kier alpha value is -3.00. The number of benzene rings is 1. The van der Waals surface area contributed by atoms with E-state index in [2.05, 4.69) is 10.1 Å². The topological polar surface area (TPSA) is 92.8 Å². The van der Waals surface area contributed by atoms with Gasteiger partial charge in [-0.05, 0) is 43.5 Å². The van der Waals surface area contributed by atoms with Gasteiger partial charge in [-0.15, -0.1) is 11.3 Å². The Balaban J connectivity index is 1.88. The minimum atomic E-state index is -0.544. The molecule has 0 saturated carbocycles. The van der Waals surface area contributed by atoms with Gasteiger partial charge < -0.3 is 10.1 Å². The van der Waals surface area contributed by atoms with Crippen LogP contribution in [0.4, 0.5) is 5.69 Å². The van der Waals surface area contributed by atoms with Gasteiger partial charge in [0.15, 0.2) is 0 Å². The molecule has 8 heteroatoms. The molecule has 0 radical (unpaired) electrons. The third-order valence-corrected chi connectivity index (χ3v) is 4.88. The average molecular weight is 372 g/mol. The maximum absolute atomic E-state index is 12.5. The van der Waals surface area contributed by atoms with Crippen molar-refractivity contribution in [3.05, 3.63) is 51.2 Å². The van der Waals surface area contributed by atoms with E-state index in [9.17, 15) is 19.2 Å². The van der Waals surface area contributed by atoms with E-state index in [-0.39, 0.29) is 33.5 Å². The first-order valence-electron chi connectivity index (χ1n) is 7.84. The van der Waals surface area contributed by atoms with Crippen LogP contribution < -0.4 is 5.32 Å². The lowest BCUT2D eigenvalue weighted by molar-refractivity contribution is 0.0596. The largest absolute Gasteiger partial charge is 0.465 e. The van der Waals surface area contributed by atoms with Gasteiger partial charge in [-0.25, -0.2) is 4.79 Å². The second kappa shape index (κ2) is 6.72. The first-order valence-corrected chi connectivity index (χ1v) is 8.72. The number of thiophene rings is 1. The van der Waals surface area contributed by atoms with E-state index in [0.29, 0.717) is 5.69 Å². The van der Waals surface area contributed by atoms with Gasteiger partial charge in [0, 0.05) is 11.6 Å². The van der Waals surface area contributed by atoms with E-state index in [1.54, 1.807) is 25.3 Å². The van der Waals surface area contributed by atoms with Crippen molar-refractivity contribution >= 4 is 40.7 Å². The Morgan fingerprint density at radius 1 is 1.12 bits per heavy atom. The quantitative estimate of drug-likeness (QED) is 0.658. The summed E-state index contributed by atoms with van der Waals surface area (Å²) < 4.78 is 4.68. The summed E-state index contributed by atoms with van der Waals surface area (Å²) in [7, 11) is 1.26. The smallest absolute Gasteiger partial charge is 0.350 e. The van der Waals surface area contributed by atoms with Crippen LogP contribution in [-0.4, -0.2) is 41.7 Å². The van der Waals surface area contributed by atoms with Crippen molar-refractivity contribution in [1.29, 1.82) is 0 Å². The monoisotopic (exact) mass is 372 g/mol. The first kappa shape index (κ1) is 17.8. The fourth-order valence-electron chi connectivity index (χ4n) is 2.72. The lowest BCUT2D eigenvalue weighted by Crippen LogP contribution is -2.35. The van der Waals surface area contributed by atoms with Gasteiger partial charge in [0.2, 0.25) is 0 Å². The standard InChI is InChI=1S/C18H16N2O5S/c1-9(2)20-16(22)11-5-4-10(8-12(11)17(20)23)15(21)19-13-6-7-26-14(13)18(24)25-3/h4-9H,1-3H3,(H,19,21). The van der Waals surface area contributed by atoms with E-state index in [1.807, 2.05) is 0 Å². The van der Waals surface area contributed by atoms with Gasteiger partial charge in [-0.3, -0.25) is 19.3 Å². The SMILES string of the molecule is COC(=O)c1sccc1NC(=O)c1ccc2c(c1)C(=O)N(C(C)C)C2=O. The summed E-state index contributed by atoms with van der Waals surface area (Å²) in [5.74, 6) is -1.81. The van der Waals surface area contributed by atoms with Crippen molar-refractivity contribution in [2.24, 2.45) is 0 Å².